The van der Waals surface area contributed by atoms with E-state index >= 15 is 0 Å². The SMILES string of the molecule is CN(Cc1nc(-c2ccccn2)no1)c1nccc(N2CCCC(O)C2)n1. The molecule has 1 aliphatic rings. The molecule has 0 amide bonds. The quantitative estimate of drug-likeness (QED) is 0.718. The molecule has 3 aromatic heterocycles. The van der Waals surface area contributed by atoms with Crippen molar-refractivity contribution in [3.8, 4) is 11.5 Å². The zero-order valence-corrected chi connectivity index (χ0v) is 15.1. The summed E-state index contributed by atoms with van der Waals surface area (Å²) in [6, 6.07) is 7.41. The van der Waals surface area contributed by atoms with E-state index in [4.69, 9.17) is 4.52 Å². The fraction of sp³-hybridized carbons (Fsp3) is 0.389. The zero-order valence-electron chi connectivity index (χ0n) is 15.1. The summed E-state index contributed by atoms with van der Waals surface area (Å²) in [5.74, 6) is 2.28. The molecule has 1 saturated heterocycles. The molecule has 0 saturated carbocycles. The predicted molar refractivity (Wildman–Crippen MR) is 99.1 cm³/mol. The lowest BCUT2D eigenvalue weighted by Gasteiger charge is -2.31. The van der Waals surface area contributed by atoms with Crippen LogP contribution in [-0.2, 0) is 6.54 Å². The Hall–Kier alpha value is -3.07. The van der Waals surface area contributed by atoms with Crippen LogP contribution in [0, 0.1) is 0 Å². The molecular formula is C18H21N7O2. The second kappa shape index (κ2) is 7.67. The Morgan fingerprint density at radius 2 is 2.15 bits per heavy atom. The smallest absolute Gasteiger partial charge is 0.246 e. The minimum atomic E-state index is -0.307. The van der Waals surface area contributed by atoms with Crippen molar-refractivity contribution >= 4 is 11.8 Å². The monoisotopic (exact) mass is 367 g/mol. The lowest BCUT2D eigenvalue weighted by molar-refractivity contribution is 0.154. The van der Waals surface area contributed by atoms with Crippen LogP contribution >= 0.6 is 0 Å². The van der Waals surface area contributed by atoms with Crippen LogP contribution in [0.3, 0.4) is 0 Å². The molecule has 1 N–H and O–H groups in total. The molecular weight excluding hydrogens is 346 g/mol. The number of β-amino-alcohol motifs (C(OH)–C–C–N with tert-alkyl or cyclic N) is 1. The standard InChI is InChI=1S/C18H21N7O2/c1-24(12-16-22-17(23-27-16)14-6-2-3-8-19-14)18-20-9-7-15(21-18)25-10-4-5-13(26)11-25/h2-3,6-9,13,26H,4-5,10-12H2,1H3. The maximum absolute atomic E-state index is 9.88. The molecule has 0 bridgehead atoms. The number of pyridine rings is 1. The highest BCUT2D eigenvalue weighted by Gasteiger charge is 2.20. The van der Waals surface area contributed by atoms with Gasteiger partial charge in [0.1, 0.15) is 11.5 Å². The maximum Gasteiger partial charge on any atom is 0.246 e. The minimum Gasteiger partial charge on any atom is -0.391 e. The van der Waals surface area contributed by atoms with E-state index in [-0.39, 0.29) is 6.10 Å². The van der Waals surface area contributed by atoms with E-state index < -0.39 is 0 Å². The molecule has 0 radical (unpaired) electrons. The van der Waals surface area contributed by atoms with E-state index in [0.717, 1.165) is 25.2 Å². The second-order valence-electron chi connectivity index (χ2n) is 6.54. The molecule has 1 atom stereocenters. The van der Waals surface area contributed by atoms with E-state index in [1.165, 1.54) is 0 Å². The number of nitrogens with zero attached hydrogens (tertiary/aromatic N) is 7. The van der Waals surface area contributed by atoms with E-state index in [1.807, 2.05) is 36.2 Å². The molecule has 1 aliphatic heterocycles. The number of aliphatic hydroxyl groups excluding tert-OH is 1. The molecule has 0 aromatic carbocycles. The first-order valence-corrected chi connectivity index (χ1v) is 8.90. The van der Waals surface area contributed by atoms with Gasteiger partial charge in [0.15, 0.2) is 0 Å². The fourth-order valence-corrected chi connectivity index (χ4v) is 3.05. The van der Waals surface area contributed by atoms with Gasteiger partial charge in [0.25, 0.3) is 0 Å². The van der Waals surface area contributed by atoms with Gasteiger partial charge in [-0.15, -0.1) is 0 Å². The van der Waals surface area contributed by atoms with Gasteiger partial charge < -0.3 is 19.4 Å². The molecule has 9 nitrogen and oxygen atoms in total. The van der Waals surface area contributed by atoms with Gasteiger partial charge in [0.05, 0.1) is 12.6 Å². The van der Waals surface area contributed by atoms with Gasteiger partial charge in [-0.25, -0.2) is 4.98 Å². The third-order valence-corrected chi connectivity index (χ3v) is 4.42. The van der Waals surface area contributed by atoms with Crippen molar-refractivity contribution in [2.24, 2.45) is 0 Å². The Morgan fingerprint density at radius 3 is 2.96 bits per heavy atom. The zero-order chi connectivity index (χ0) is 18.6. The molecule has 3 aromatic rings. The van der Waals surface area contributed by atoms with Gasteiger partial charge in [0, 0.05) is 32.5 Å². The minimum absolute atomic E-state index is 0.307. The summed E-state index contributed by atoms with van der Waals surface area (Å²) in [5.41, 5.74) is 0.664. The summed E-state index contributed by atoms with van der Waals surface area (Å²) in [6.45, 7) is 1.86. The third-order valence-electron chi connectivity index (χ3n) is 4.42. The number of piperidine rings is 1. The van der Waals surface area contributed by atoms with Crippen LogP contribution in [0.1, 0.15) is 18.7 Å². The topological polar surface area (TPSA) is 104 Å². The first-order valence-electron chi connectivity index (χ1n) is 8.90. The Balaban J connectivity index is 1.46. The summed E-state index contributed by atoms with van der Waals surface area (Å²) in [6.07, 6.45) is 4.90. The molecule has 1 unspecified atom stereocenters. The first kappa shape index (κ1) is 17.3. The highest BCUT2D eigenvalue weighted by molar-refractivity contribution is 5.47. The van der Waals surface area contributed by atoms with Gasteiger partial charge >= 0.3 is 0 Å². The van der Waals surface area contributed by atoms with Gasteiger partial charge in [-0.3, -0.25) is 4.98 Å². The van der Waals surface area contributed by atoms with Crippen molar-refractivity contribution < 1.29 is 9.63 Å². The van der Waals surface area contributed by atoms with Crippen molar-refractivity contribution in [3.63, 3.8) is 0 Å². The Morgan fingerprint density at radius 1 is 1.22 bits per heavy atom. The molecule has 9 heteroatoms. The number of hydrogen-bond donors (Lipinski definition) is 1. The van der Waals surface area contributed by atoms with Crippen LogP contribution < -0.4 is 9.80 Å². The lowest BCUT2D eigenvalue weighted by Crippen LogP contribution is -2.38. The molecule has 4 heterocycles. The van der Waals surface area contributed by atoms with Gasteiger partial charge in [-0.1, -0.05) is 11.2 Å². The maximum atomic E-state index is 9.88. The van der Waals surface area contributed by atoms with Crippen molar-refractivity contribution in [3.05, 3.63) is 42.5 Å². The number of rotatable bonds is 5. The molecule has 1 fully saturated rings. The average molecular weight is 367 g/mol. The van der Waals surface area contributed by atoms with E-state index in [1.54, 1.807) is 12.4 Å². The molecule has 0 spiro atoms. The summed E-state index contributed by atoms with van der Waals surface area (Å²) >= 11 is 0. The number of anilines is 2. The Bertz CT molecular complexity index is 886. The highest BCUT2D eigenvalue weighted by atomic mass is 16.5. The number of hydrogen-bond acceptors (Lipinski definition) is 9. The van der Waals surface area contributed by atoms with E-state index in [2.05, 4.69) is 30.0 Å². The molecule has 27 heavy (non-hydrogen) atoms. The summed E-state index contributed by atoms with van der Waals surface area (Å²) in [7, 11) is 1.87. The van der Waals surface area contributed by atoms with Gasteiger partial charge in [-0.2, -0.15) is 9.97 Å². The van der Waals surface area contributed by atoms with E-state index in [9.17, 15) is 5.11 Å². The summed E-state index contributed by atoms with van der Waals surface area (Å²) in [4.78, 5) is 21.5. The normalized spacial score (nSPS) is 17.1. The first-order chi connectivity index (χ1) is 13.2. The van der Waals surface area contributed by atoms with Crippen LogP contribution in [0.15, 0.2) is 41.2 Å². The van der Waals surface area contributed by atoms with Gasteiger partial charge in [0.2, 0.25) is 17.7 Å². The average Bonchev–Trinajstić information content (AvgIpc) is 3.17. The third kappa shape index (κ3) is 4.03. The summed E-state index contributed by atoms with van der Waals surface area (Å²) < 4.78 is 5.33. The fourth-order valence-electron chi connectivity index (χ4n) is 3.05. The van der Waals surface area contributed by atoms with Crippen molar-refractivity contribution in [2.45, 2.75) is 25.5 Å². The van der Waals surface area contributed by atoms with Crippen LogP contribution in [0.5, 0.6) is 0 Å². The van der Waals surface area contributed by atoms with Crippen molar-refractivity contribution in [1.29, 1.82) is 0 Å². The number of aromatic nitrogens is 5. The Kier molecular flexibility index (Phi) is 4.93. The van der Waals surface area contributed by atoms with Crippen LogP contribution in [0.4, 0.5) is 11.8 Å². The van der Waals surface area contributed by atoms with Crippen LogP contribution in [0.25, 0.3) is 11.5 Å². The second-order valence-corrected chi connectivity index (χ2v) is 6.54. The Labute approximate surface area is 156 Å². The molecule has 0 aliphatic carbocycles. The van der Waals surface area contributed by atoms with Crippen molar-refractivity contribution in [1.82, 2.24) is 25.1 Å². The highest BCUT2D eigenvalue weighted by Crippen LogP contribution is 2.20. The lowest BCUT2D eigenvalue weighted by atomic mass is 10.1. The van der Waals surface area contributed by atoms with Crippen molar-refractivity contribution in [2.75, 3.05) is 29.9 Å². The molecule has 140 valence electrons. The predicted octanol–water partition coefficient (Wildman–Crippen LogP) is 1.52. The van der Waals surface area contributed by atoms with Crippen LogP contribution in [-0.4, -0.2) is 56.4 Å². The van der Waals surface area contributed by atoms with Crippen LogP contribution in [0.2, 0.25) is 0 Å². The van der Waals surface area contributed by atoms with E-state index in [0.29, 0.717) is 36.4 Å². The molecule has 4 rings (SSSR count). The largest absolute Gasteiger partial charge is 0.391 e. The number of aliphatic hydroxyl groups is 1. The summed E-state index contributed by atoms with van der Waals surface area (Å²) in [5, 5.41) is 13.9. The van der Waals surface area contributed by atoms with Gasteiger partial charge in [-0.05, 0) is 31.0 Å².